The Bertz CT molecular complexity index is 1420. The number of nitrogens with one attached hydrogen (secondary N) is 1. The summed E-state index contributed by atoms with van der Waals surface area (Å²) < 4.78 is 8.83. The monoisotopic (exact) mass is 460 g/mol. The van der Waals surface area contributed by atoms with Gasteiger partial charge in [0.1, 0.15) is 17.1 Å². The van der Waals surface area contributed by atoms with Gasteiger partial charge in [-0.05, 0) is 35.9 Å². The van der Waals surface area contributed by atoms with Crippen molar-refractivity contribution in [1.29, 1.82) is 0 Å². The smallest absolute Gasteiger partial charge is 0.220 e. The van der Waals surface area contributed by atoms with Crippen LogP contribution in [0.5, 0.6) is 5.75 Å². The number of hydrogen-bond acceptors (Lipinski definition) is 5. The first kappa shape index (κ1) is 21.0. The molecule has 0 atom stereocenters. The summed E-state index contributed by atoms with van der Waals surface area (Å²) in [6.45, 7) is 0.466. The van der Waals surface area contributed by atoms with Crippen LogP contribution in [0.3, 0.4) is 0 Å². The molecule has 0 aliphatic carbocycles. The molecule has 1 N–H and O–H groups in total. The molecule has 3 heterocycles. The number of nitrogens with zero attached hydrogens (tertiary/aromatic N) is 5. The van der Waals surface area contributed by atoms with Gasteiger partial charge in [0.25, 0.3) is 0 Å². The van der Waals surface area contributed by atoms with Gasteiger partial charge in [0.05, 0.1) is 12.8 Å². The third-order valence-electron chi connectivity index (χ3n) is 5.45. The molecule has 0 spiro atoms. The zero-order valence-corrected chi connectivity index (χ0v) is 18.7. The minimum absolute atomic E-state index is 0.0435. The first-order valence-electron chi connectivity index (χ1n) is 10.5. The van der Waals surface area contributed by atoms with Crippen LogP contribution in [0.2, 0.25) is 5.02 Å². The van der Waals surface area contributed by atoms with Crippen molar-refractivity contribution in [3.05, 3.63) is 83.4 Å². The molecular formula is C24H21ClN6O2. The second-order valence-electron chi connectivity index (χ2n) is 7.60. The summed E-state index contributed by atoms with van der Waals surface area (Å²) in [4.78, 5) is 12.4. The first-order chi connectivity index (χ1) is 16.1. The zero-order valence-electron chi connectivity index (χ0n) is 17.9. The normalized spacial score (nSPS) is 11.2. The van der Waals surface area contributed by atoms with Crippen molar-refractivity contribution < 1.29 is 9.53 Å². The average Bonchev–Trinajstić information content (AvgIpc) is 3.46. The van der Waals surface area contributed by atoms with Crippen LogP contribution in [0.4, 0.5) is 0 Å². The quantitative estimate of drug-likeness (QED) is 0.397. The van der Waals surface area contributed by atoms with Crippen LogP contribution >= 0.6 is 11.6 Å². The number of hydrogen-bond donors (Lipinski definition) is 1. The van der Waals surface area contributed by atoms with E-state index < -0.39 is 0 Å². The summed E-state index contributed by atoms with van der Waals surface area (Å²) in [6, 6.07) is 17.1. The molecule has 0 radical (unpaired) electrons. The van der Waals surface area contributed by atoms with Crippen LogP contribution in [0.25, 0.3) is 22.4 Å². The Balaban J connectivity index is 1.28. The molecule has 0 unspecified atom stereocenters. The lowest BCUT2D eigenvalue weighted by Gasteiger charge is -2.06. The highest BCUT2D eigenvalue weighted by Gasteiger charge is 2.13. The molecule has 3 aromatic heterocycles. The van der Waals surface area contributed by atoms with Gasteiger partial charge in [-0.2, -0.15) is 5.10 Å². The summed E-state index contributed by atoms with van der Waals surface area (Å²) in [5.41, 5.74) is 4.33. The van der Waals surface area contributed by atoms with Crippen molar-refractivity contribution in [2.24, 2.45) is 0 Å². The summed E-state index contributed by atoms with van der Waals surface area (Å²) in [7, 11) is 1.63. The molecule has 0 aliphatic rings. The topological polar surface area (TPSA) is 85.8 Å². The van der Waals surface area contributed by atoms with E-state index in [2.05, 4.69) is 20.6 Å². The van der Waals surface area contributed by atoms with Gasteiger partial charge < -0.3 is 10.1 Å². The third-order valence-corrected chi connectivity index (χ3v) is 5.70. The van der Waals surface area contributed by atoms with E-state index >= 15 is 0 Å². The number of carbonyl (C=O) groups is 1. The maximum absolute atomic E-state index is 12.4. The van der Waals surface area contributed by atoms with Crippen LogP contribution < -0.4 is 10.1 Å². The zero-order chi connectivity index (χ0) is 22.8. The standard InChI is InChI=1S/C24H21ClN6O2/c1-33-19-8-2-16(3-9-19)15-26-23(32)11-10-22-27-28-24-21-14-20(17-4-6-18(25)7-5-17)29-31(21)13-12-30(22)24/h2-9,12-14H,10-11,15H2,1H3,(H,26,32). The van der Waals surface area contributed by atoms with Crippen molar-refractivity contribution in [3.8, 4) is 17.0 Å². The molecule has 5 rings (SSSR count). The number of fused-ring (bicyclic) bond motifs is 3. The van der Waals surface area contributed by atoms with Gasteiger partial charge >= 0.3 is 0 Å². The SMILES string of the molecule is COc1ccc(CNC(=O)CCc2nnc3c4cc(-c5ccc(Cl)cc5)nn4ccn23)cc1. The highest BCUT2D eigenvalue weighted by Crippen LogP contribution is 2.23. The highest BCUT2D eigenvalue weighted by molar-refractivity contribution is 6.30. The highest BCUT2D eigenvalue weighted by atomic mass is 35.5. The molecule has 5 aromatic rings. The van der Waals surface area contributed by atoms with Crippen LogP contribution in [0.15, 0.2) is 67.0 Å². The van der Waals surface area contributed by atoms with Crippen LogP contribution in [-0.2, 0) is 17.8 Å². The number of halogens is 1. The van der Waals surface area contributed by atoms with Crippen molar-refractivity contribution in [2.75, 3.05) is 7.11 Å². The molecule has 2 aromatic carbocycles. The fraction of sp³-hybridized carbons (Fsp3) is 0.167. The van der Waals surface area contributed by atoms with E-state index in [-0.39, 0.29) is 5.91 Å². The number of benzene rings is 2. The van der Waals surface area contributed by atoms with Gasteiger partial charge in [-0.1, -0.05) is 35.9 Å². The lowest BCUT2D eigenvalue weighted by Crippen LogP contribution is -2.23. The Labute approximate surface area is 194 Å². The minimum atomic E-state index is -0.0435. The van der Waals surface area contributed by atoms with Gasteiger partial charge in [0, 0.05) is 42.4 Å². The van der Waals surface area contributed by atoms with E-state index in [1.807, 2.05) is 71.4 Å². The number of aromatic nitrogens is 5. The summed E-state index contributed by atoms with van der Waals surface area (Å²) in [5, 5.41) is 16.9. The maximum Gasteiger partial charge on any atom is 0.220 e. The van der Waals surface area contributed by atoms with Crippen molar-refractivity contribution in [2.45, 2.75) is 19.4 Å². The van der Waals surface area contributed by atoms with Crippen molar-refractivity contribution >= 4 is 28.7 Å². The maximum atomic E-state index is 12.4. The van der Waals surface area contributed by atoms with Crippen LogP contribution in [-0.4, -0.2) is 37.2 Å². The molecular weight excluding hydrogens is 440 g/mol. The number of aryl methyl sites for hydroxylation is 1. The second kappa shape index (κ2) is 8.91. The Morgan fingerprint density at radius 1 is 1.06 bits per heavy atom. The number of carbonyl (C=O) groups excluding carboxylic acids is 1. The molecule has 0 saturated carbocycles. The molecule has 0 aliphatic heterocycles. The lowest BCUT2D eigenvalue weighted by atomic mass is 10.1. The molecule has 8 nitrogen and oxygen atoms in total. The number of methoxy groups -OCH3 is 1. The molecule has 0 fully saturated rings. The van der Waals surface area contributed by atoms with Gasteiger partial charge in [-0.3, -0.25) is 9.20 Å². The van der Waals surface area contributed by atoms with Gasteiger partial charge in [0.2, 0.25) is 5.91 Å². The van der Waals surface area contributed by atoms with Gasteiger partial charge in [-0.15, -0.1) is 10.2 Å². The van der Waals surface area contributed by atoms with Crippen molar-refractivity contribution in [1.82, 2.24) is 29.5 Å². The molecule has 0 bridgehead atoms. The Morgan fingerprint density at radius 2 is 1.85 bits per heavy atom. The molecule has 166 valence electrons. The Hall–Kier alpha value is -3.91. The van der Waals surface area contributed by atoms with E-state index in [0.29, 0.717) is 30.1 Å². The van der Waals surface area contributed by atoms with E-state index in [1.54, 1.807) is 11.6 Å². The molecule has 9 heteroatoms. The predicted molar refractivity (Wildman–Crippen MR) is 125 cm³/mol. The molecule has 0 saturated heterocycles. The first-order valence-corrected chi connectivity index (χ1v) is 10.9. The molecule has 33 heavy (non-hydrogen) atoms. The third kappa shape index (κ3) is 4.38. The average molecular weight is 461 g/mol. The van der Waals surface area contributed by atoms with Crippen LogP contribution in [0.1, 0.15) is 17.8 Å². The summed E-state index contributed by atoms with van der Waals surface area (Å²) in [6.07, 6.45) is 4.52. The minimum Gasteiger partial charge on any atom is -0.497 e. The van der Waals surface area contributed by atoms with E-state index in [4.69, 9.17) is 16.3 Å². The van der Waals surface area contributed by atoms with E-state index in [1.165, 1.54) is 0 Å². The van der Waals surface area contributed by atoms with Gasteiger partial charge in [0.15, 0.2) is 5.65 Å². The van der Waals surface area contributed by atoms with Crippen molar-refractivity contribution in [3.63, 3.8) is 0 Å². The number of rotatable bonds is 7. The molecule has 1 amide bonds. The summed E-state index contributed by atoms with van der Waals surface area (Å²) in [5.74, 6) is 1.47. The lowest BCUT2D eigenvalue weighted by molar-refractivity contribution is -0.121. The Kier molecular flexibility index (Phi) is 5.66. The largest absolute Gasteiger partial charge is 0.497 e. The summed E-state index contributed by atoms with van der Waals surface area (Å²) >= 11 is 5.99. The number of ether oxygens (including phenoxy) is 1. The second-order valence-corrected chi connectivity index (χ2v) is 8.04. The predicted octanol–water partition coefficient (Wildman–Crippen LogP) is 3.96. The van der Waals surface area contributed by atoms with Gasteiger partial charge in [-0.25, -0.2) is 4.52 Å². The Morgan fingerprint density at radius 3 is 2.61 bits per heavy atom. The fourth-order valence-corrected chi connectivity index (χ4v) is 3.78. The van der Waals surface area contributed by atoms with Crippen LogP contribution in [0, 0.1) is 0 Å². The van der Waals surface area contributed by atoms with E-state index in [9.17, 15) is 4.79 Å². The van der Waals surface area contributed by atoms with E-state index in [0.717, 1.165) is 33.9 Å². The fourth-order valence-electron chi connectivity index (χ4n) is 3.65. The number of amides is 1.